The molecule has 16 heavy (non-hydrogen) atoms. The van der Waals surface area contributed by atoms with Crippen LogP contribution >= 0.6 is 0 Å². The standard InChI is InChI=1S/C13H21FN2/c1-11(7-6-10-15-14)12(2)16-13-8-4-3-5-9-13/h3-5,8-9,11-12,15-16H,6-7,10H2,1-2H3. The smallest absolute Gasteiger partial charge is 0.0342 e. The third-order valence-corrected chi connectivity index (χ3v) is 2.95. The lowest BCUT2D eigenvalue weighted by Crippen LogP contribution is -2.24. The molecule has 0 radical (unpaired) electrons. The van der Waals surface area contributed by atoms with Crippen molar-refractivity contribution in [2.45, 2.75) is 32.7 Å². The van der Waals surface area contributed by atoms with Crippen molar-refractivity contribution in [3.63, 3.8) is 0 Å². The third kappa shape index (κ3) is 4.62. The summed E-state index contributed by atoms with van der Waals surface area (Å²) in [7, 11) is 0. The van der Waals surface area contributed by atoms with Crippen LogP contribution in [0.15, 0.2) is 30.3 Å². The van der Waals surface area contributed by atoms with Crippen LogP contribution in [0.4, 0.5) is 10.2 Å². The maximum absolute atomic E-state index is 11.7. The third-order valence-electron chi connectivity index (χ3n) is 2.95. The first-order chi connectivity index (χ1) is 7.74. The van der Waals surface area contributed by atoms with Crippen molar-refractivity contribution in [3.8, 4) is 0 Å². The molecule has 1 aromatic carbocycles. The Bertz CT molecular complexity index is 277. The molecule has 0 amide bonds. The predicted molar refractivity (Wildman–Crippen MR) is 67.0 cm³/mol. The first kappa shape index (κ1) is 13.0. The van der Waals surface area contributed by atoms with Crippen LogP contribution in [0, 0.1) is 5.92 Å². The molecule has 0 bridgehead atoms. The molecule has 1 aromatic rings. The molecule has 1 rings (SSSR count). The molecule has 0 aliphatic carbocycles. The Morgan fingerprint density at radius 2 is 1.88 bits per heavy atom. The number of benzene rings is 1. The quantitative estimate of drug-likeness (QED) is 0.548. The Morgan fingerprint density at radius 1 is 1.19 bits per heavy atom. The van der Waals surface area contributed by atoms with Crippen LogP contribution in [0.1, 0.15) is 26.7 Å². The van der Waals surface area contributed by atoms with E-state index in [4.69, 9.17) is 0 Å². The fraction of sp³-hybridized carbons (Fsp3) is 0.538. The second-order valence-electron chi connectivity index (χ2n) is 4.30. The fourth-order valence-corrected chi connectivity index (χ4v) is 1.68. The second-order valence-corrected chi connectivity index (χ2v) is 4.30. The van der Waals surface area contributed by atoms with E-state index in [0.29, 0.717) is 18.5 Å². The van der Waals surface area contributed by atoms with Crippen LogP contribution in [-0.4, -0.2) is 12.6 Å². The van der Waals surface area contributed by atoms with Crippen LogP contribution in [0.3, 0.4) is 0 Å². The molecule has 0 saturated carbocycles. The van der Waals surface area contributed by atoms with E-state index in [1.165, 1.54) is 0 Å². The van der Waals surface area contributed by atoms with E-state index >= 15 is 0 Å². The Balaban J connectivity index is 2.31. The highest BCUT2D eigenvalue weighted by atomic mass is 19.2. The van der Waals surface area contributed by atoms with Crippen molar-refractivity contribution in [2.75, 3.05) is 11.9 Å². The maximum Gasteiger partial charge on any atom is 0.0342 e. The zero-order valence-electron chi connectivity index (χ0n) is 10.0. The van der Waals surface area contributed by atoms with Gasteiger partial charge in [-0.2, -0.15) is 5.54 Å². The van der Waals surface area contributed by atoms with Gasteiger partial charge in [-0.3, -0.25) is 0 Å². The lowest BCUT2D eigenvalue weighted by molar-refractivity contribution is 0.318. The van der Waals surface area contributed by atoms with E-state index in [1.807, 2.05) is 18.2 Å². The number of para-hydroxylation sites is 1. The first-order valence-electron chi connectivity index (χ1n) is 5.89. The minimum atomic E-state index is 0.405. The Kier molecular flexibility index (Phi) is 5.86. The number of rotatable bonds is 7. The van der Waals surface area contributed by atoms with Crippen LogP contribution in [0.5, 0.6) is 0 Å². The number of hydrogen-bond donors (Lipinski definition) is 2. The van der Waals surface area contributed by atoms with Gasteiger partial charge < -0.3 is 5.32 Å². The molecule has 2 N–H and O–H groups in total. The molecule has 0 heterocycles. The van der Waals surface area contributed by atoms with Gasteiger partial charge in [-0.15, -0.1) is 4.48 Å². The maximum atomic E-state index is 11.7. The number of hydrogen-bond acceptors (Lipinski definition) is 2. The fourth-order valence-electron chi connectivity index (χ4n) is 1.68. The molecular formula is C13H21FN2. The number of anilines is 1. The van der Waals surface area contributed by atoms with E-state index in [9.17, 15) is 4.48 Å². The summed E-state index contributed by atoms with van der Waals surface area (Å²) in [5, 5.41) is 3.45. The summed E-state index contributed by atoms with van der Waals surface area (Å²) in [5.41, 5.74) is 2.84. The van der Waals surface area contributed by atoms with Crippen molar-refractivity contribution in [1.29, 1.82) is 0 Å². The van der Waals surface area contributed by atoms with Gasteiger partial charge in [0.2, 0.25) is 0 Å². The number of nitrogens with one attached hydrogen (secondary N) is 2. The van der Waals surface area contributed by atoms with Gasteiger partial charge >= 0.3 is 0 Å². The molecule has 0 aliphatic heterocycles. The highest BCUT2D eigenvalue weighted by Crippen LogP contribution is 2.15. The largest absolute Gasteiger partial charge is 0.382 e. The van der Waals surface area contributed by atoms with E-state index < -0.39 is 0 Å². The van der Waals surface area contributed by atoms with Crippen LogP contribution in [0.2, 0.25) is 0 Å². The SMILES string of the molecule is CC(CCCNF)C(C)Nc1ccccc1. The minimum Gasteiger partial charge on any atom is -0.382 e. The van der Waals surface area contributed by atoms with Crippen molar-refractivity contribution in [1.82, 2.24) is 5.54 Å². The van der Waals surface area contributed by atoms with Crippen molar-refractivity contribution < 1.29 is 4.48 Å². The van der Waals surface area contributed by atoms with E-state index in [1.54, 1.807) is 5.54 Å². The Hall–Kier alpha value is -1.09. The summed E-state index contributed by atoms with van der Waals surface area (Å²) >= 11 is 0. The average Bonchev–Trinajstić information content (AvgIpc) is 2.30. The topological polar surface area (TPSA) is 24.1 Å². The van der Waals surface area contributed by atoms with Gasteiger partial charge in [0.25, 0.3) is 0 Å². The van der Waals surface area contributed by atoms with Gasteiger partial charge in [0, 0.05) is 18.3 Å². The highest BCUT2D eigenvalue weighted by molar-refractivity contribution is 5.43. The minimum absolute atomic E-state index is 0.405. The van der Waals surface area contributed by atoms with Gasteiger partial charge in [-0.05, 0) is 37.8 Å². The summed E-state index contributed by atoms with van der Waals surface area (Å²) in [6.07, 6.45) is 1.90. The lowest BCUT2D eigenvalue weighted by Gasteiger charge is -2.22. The van der Waals surface area contributed by atoms with E-state index in [0.717, 1.165) is 18.5 Å². The molecule has 2 unspecified atom stereocenters. The molecular weight excluding hydrogens is 203 g/mol. The Labute approximate surface area is 97.2 Å². The van der Waals surface area contributed by atoms with Gasteiger partial charge in [0.05, 0.1) is 0 Å². The Morgan fingerprint density at radius 3 is 2.50 bits per heavy atom. The summed E-state index contributed by atoms with van der Waals surface area (Å²) < 4.78 is 11.7. The monoisotopic (exact) mass is 224 g/mol. The second kappa shape index (κ2) is 7.23. The molecule has 3 heteroatoms. The van der Waals surface area contributed by atoms with Crippen LogP contribution in [0.25, 0.3) is 0 Å². The lowest BCUT2D eigenvalue weighted by atomic mass is 9.97. The van der Waals surface area contributed by atoms with Crippen molar-refractivity contribution in [3.05, 3.63) is 30.3 Å². The van der Waals surface area contributed by atoms with Gasteiger partial charge in [-0.25, -0.2) is 0 Å². The molecule has 0 fully saturated rings. The first-order valence-corrected chi connectivity index (χ1v) is 5.89. The normalized spacial score (nSPS) is 14.4. The molecule has 0 spiro atoms. The van der Waals surface area contributed by atoms with Crippen LogP contribution < -0.4 is 10.9 Å². The average molecular weight is 224 g/mol. The van der Waals surface area contributed by atoms with Gasteiger partial charge in [0.1, 0.15) is 0 Å². The zero-order chi connectivity index (χ0) is 11.8. The summed E-state index contributed by atoms with van der Waals surface area (Å²) in [5.74, 6) is 0.536. The predicted octanol–water partition coefficient (Wildman–Crippen LogP) is 3.38. The summed E-state index contributed by atoms with van der Waals surface area (Å²) in [6, 6.07) is 10.6. The molecule has 0 saturated heterocycles. The summed E-state index contributed by atoms with van der Waals surface area (Å²) in [6.45, 7) is 4.81. The van der Waals surface area contributed by atoms with Gasteiger partial charge in [-0.1, -0.05) is 25.1 Å². The van der Waals surface area contributed by atoms with E-state index in [-0.39, 0.29) is 0 Å². The van der Waals surface area contributed by atoms with Crippen molar-refractivity contribution >= 4 is 5.69 Å². The molecule has 0 aliphatic rings. The highest BCUT2D eigenvalue weighted by Gasteiger charge is 2.11. The molecule has 2 atom stereocenters. The van der Waals surface area contributed by atoms with E-state index in [2.05, 4.69) is 31.3 Å². The van der Waals surface area contributed by atoms with Crippen molar-refractivity contribution in [2.24, 2.45) is 5.92 Å². The molecule has 2 nitrogen and oxygen atoms in total. The molecule has 90 valence electrons. The zero-order valence-corrected chi connectivity index (χ0v) is 10.0. The van der Waals surface area contributed by atoms with Gasteiger partial charge in [0.15, 0.2) is 0 Å². The molecule has 0 aromatic heterocycles. The summed E-state index contributed by atoms with van der Waals surface area (Å²) in [4.78, 5) is 0. The number of halogens is 1. The van der Waals surface area contributed by atoms with Crippen LogP contribution in [-0.2, 0) is 0 Å².